The van der Waals surface area contributed by atoms with Gasteiger partial charge in [0.05, 0.1) is 12.7 Å². The lowest BCUT2D eigenvalue weighted by atomic mass is 10.4. The number of aryl methyl sites for hydroxylation is 1. The van der Waals surface area contributed by atoms with Gasteiger partial charge in [0.15, 0.2) is 5.65 Å². The van der Waals surface area contributed by atoms with Crippen LogP contribution in [0.5, 0.6) is 0 Å². The lowest BCUT2D eigenvalue weighted by Gasteiger charge is -1.93. The van der Waals surface area contributed by atoms with Crippen molar-refractivity contribution in [1.29, 1.82) is 0 Å². The Kier molecular flexibility index (Phi) is 2.20. The van der Waals surface area contributed by atoms with Crippen molar-refractivity contribution < 1.29 is 4.79 Å². The smallest absolute Gasteiger partial charge is 0.350 e. The van der Waals surface area contributed by atoms with Crippen molar-refractivity contribution in [1.82, 2.24) is 19.2 Å². The molecule has 1 amide bonds. The van der Waals surface area contributed by atoms with Gasteiger partial charge in [-0.25, -0.2) is 13.9 Å². The summed E-state index contributed by atoms with van der Waals surface area (Å²) in [5.41, 5.74) is 5.14. The van der Waals surface area contributed by atoms with Crippen LogP contribution in [0.1, 0.15) is 6.42 Å². The van der Waals surface area contributed by atoms with Gasteiger partial charge in [-0.05, 0) is 0 Å². The molecule has 0 atom stereocenters. The molecule has 0 unspecified atom stereocenters. The molecule has 0 aliphatic heterocycles. The molecule has 0 aliphatic rings. The lowest BCUT2D eigenvalue weighted by molar-refractivity contribution is -0.118. The molecule has 0 saturated carbocycles. The minimum atomic E-state index is -0.461. The van der Waals surface area contributed by atoms with Gasteiger partial charge in [-0.1, -0.05) is 0 Å². The van der Waals surface area contributed by atoms with Crippen LogP contribution in [-0.2, 0) is 11.3 Å². The maximum atomic E-state index is 11.6. The molecular formula is C8H9N5O2. The Morgan fingerprint density at radius 2 is 2.33 bits per heavy atom. The first-order valence-electron chi connectivity index (χ1n) is 4.36. The molecule has 2 aromatic heterocycles. The van der Waals surface area contributed by atoms with Crippen molar-refractivity contribution in [3.63, 3.8) is 0 Å². The summed E-state index contributed by atoms with van der Waals surface area (Å²) < 4.78 is 2.55. The van der Waals surface area contributed by atoms with Crippen molar-refractivity contribution in [2.75, 3.05) is 0 Å². The van der Waals surface area contributed by atoms with Crippen molar-refractivity contribution in [3.05, 3.63) is 29.1 Å². The van der Waals surface area contributed by atoms with Gasteiger partial charge in [0, 0.05) is 18.8 Å². The number of nitrogens with zero attached hydrogens (tertiary/aromatic N) is 4. The van der Waals surface area contributed by atoms with E-state index in [9.17, 15) is 9.59 Å². The second-order valence-corrected chi connectivity index (χ2v) is 3.03. The van der Waals surface area contributed by atoms with Crippen molar-refractivity contribution in [2.45, 2.75) is 13.0 Å². The minimum Gasteiger partial charge on any atom is -0.370 e. The van der Waals surface area contributed by atoms with Crippen LogP contribution in [0.25, 0.3) is 5.65 Å². The molecule has 2 N–H and O–H groups in total. The van der Waals surface area contributed by atoms with Crippen LogP contribution in [0.15, 0.2) is 23.4 Å². The Morgan fingerprint density at radius 1 is 1.53 bits per heavy atom. The molecule has 7 heteroatoms. The molecule has 0 spiro atoms. The fourth-order valence-corrected chi connectivity index (χ4v) is 1.24. The first kappa shape index (κ1) is 9.38. The Hall–Kier alpha value is -2.18. The Balaban J connectivity index is 2.40. The van der Waals surface area contributed by atoms with E-state index in [0.29, 0.717) is 5.65 Å². The molecule has 0 fully saturated rings. The van der Waals surface area contributed by atoms with Gasteiger partial charge in [-0.3, -0.25) is 9.78 Å². The number of hydrogen-bond donors (Lipinski definition) is 1. The lowest BCUT2D eigenvalue weighted by Crippen LogP contribution is -2.24. The monoisotopic (exact) mass is 207 g/mol. The van der Waals surface area contributed by atoms with E-state index < -0.39 is 5.91 Å². The quantitative estimate of drug-likeness (QED) is 0.681. The van der Waals surface area contributed by atoms with E-state index in [4.69, 9.17) is 5.73 Å². The number of amides is 1. The largest absolute Gasteiger partial charge is 0.370 e. The number of carbonyl (C=O) groups is 1. The van der Waals surface area contributed by atoms with E-state index in [1.54, 1.807) is 0 Å². The summed E-state index contributed by atoms with van der Waals surface area (Å²) in [4.78, 5) is 26.0. The average molecular weight is 207 g/mol. The summed E-state index contributed by atoms with van der Waals surface area (Å²) in [5.74, 6) is -0.461. The number of fused-ring (bicyclic) bond motifs is 1. The van der Waals surface area contributed by atoms with E-state index in [2.05, 4.69) is 10.1 Å². The number of carbonyl (C=O) groups excluding carboxylic acids is 1. The minimum absolute atomic E-state index is 0.0945. The number of rotatable bonds is 3. The van der Waals surface area contributed by atoms with E-state index in [1.807, 2.05) is 0 Å². The number of hydrogen-bond acceptors (Lipinski definition) is 4. The zero-order valence-corrected chi connectivity index (χ0v) is 7.83. The van der Waals surface area contributed by atoms with Crippen LogP contribution < -0.4 is 11.4 Å². The summed E-state index contributed by atoms with van der Waals surface area (Å²) in [6.45, 7) is 0.190. The van der Waals surface area contributed by atoms with Crippen molar-refractivity contribution in [2.24, 2.45) is 5.73 Å². The molecule has 15 heavy (non-hydrogen) atoms. The standard InChI is InChI=1S/C8H9N5O2/c9-6(14)1-3-13-8(15)12-4-2-10-5-7(12)11-13/h2,4-5H,1,3H2,(H2,9,14). The van der Waals surface area contributed by atoms with Crippen molar-refractivity contribution >= 4 is 11.6 Å². The van der Waals surface area contributed by atoms with Crippen LogP contribution in [0.2, 0.25) is 0 Å². The Bertz CT molecular complexity index is 555. The summed E-state index contributed by atoms with van der Waals surface area (Å²) in [6, 6.07) is 0. The predicted molar refractivity (Wildman–Crippen MR) is 51.1 cm³/mol. The van der Waals surface area contributed by atoms with Crippen molar-refractivity contribution in [3.8, 4) is 0 Å². The molecule has 0 radical (unpaired) electrons. The van der Waals surface area contributed by atoms with Crippen LogP contribution in [0, 0.1) is 0 Å². The molecule has 2 heterocycles. The number of nitrogens with two attached hydrogens (primary N) is 1. The molecule has 7 nitrogen and oxygen atoms in total. The maximum absolute atomic E-state index is 11.6. The summed E-state index contributed by atoms with van der Waals surface area (Å²) in [7, 11) is 0. The summed E-state index contributed by atoms with van der Waals surface area (Å²) in [6.07, 6.45) is 4.58. The summed E-state index contributed by atoms with van der Waals surface area (Å²) in [5, 5.41) is 3.98. The third kappa shape index (κ3) is 1.71. The number of primary amides is 1. The van der Waals surface area contributed by atoms with E-state index in [1.165, 1.54) is 27.7 Å². The Labute approximate surface area is 84.1 Å². The highest BCUT2D eigenvalue weighted by Gasteiger charge is 2.06. The van der Waals surface area contributed by atoms with Gasteiger partial charge in [0.1, 0.15) is 0 Å². The van der Waals surface area contributed by atoms with E-state index in [-0.39, 0.29) is 18.7 Å². The van der Waals surface area contributed by atoms with Gasteiger partial charge in [-0.15, -0.1) is 5.10 Å². The predicted octanol–water partition coefficient (Wildman–Crippen LogP) is -1.23. The second-order valence-electron chi connectivity index (χ2n) is 3.03. The highest BCUT2D eigenvalue weighted by molar-refractivity contribution is 5.73. The fraction of sp³-hybridized carbons (Fsp3) is 0.250. The van der Waals surface area contributed by atoms with Gasteiger partial charge in [0.2, 0.25) is 5.91 Å². The molecule has 2 aromatic rings. The maximum Gasteiger partial charge on any atom is 0.350 e. The van der Waals surface area contributed by atoms with Crippen LogP contribution in [0.4, 0.5) is 0 Å². The van der Waals surface area contributed by atoms with Gasteiger partial charge >= 0.3 is 5.69 Å². The highest BCUT2D eigenvalue weighted by Crippen LogP contribution is 1.92. The SMILES string of the molecule is NC(=O)CCn1nc2cnccn2c1=O. The van der Waals surface area contributed by atoms with Gasteiger partial charge in [-0.2, -0.15) is 0 Å². The molecule has 2 rings (SSSR count). The summed E-state index contributed by atoms with van der Waals surface area (Å²) >= 11 is 0. The third-order valence-electron chi connectivity index (χ3n) is 1.96. The first-order valence-corrected chi connectivity index (χ1v) is 4.36. The first-order chi connectivity index (χ1) is 7.18. The van der Waals surface area contributed by atoms with Crippen LogP contribution in [0.3, 0.4) is 0 Å². The Morgan fingerprint density at radius 3 is 3.00 bits per heavy atom. The topological polar surface area (TPSA) is 95.3 Å². The molecular weight excluding hydrogens is 198 g/mol. The normalized spacial score (nSPS) is 10.7. The number of aromatic nitrogens is 4. The van der Waals surface area contributed by atoms with E-state index >= 15 is 0 Å². The fourth-order valence-electron chi connectivity index (χ4n) is 1.24. The van der Waals surface area contributed by atoms with Crippen LogP contribution >= 0.6 is 0 Å². The highest BCUT2D eigenvalue weighted by atomic mass is 16.2. The molecule has 0 bridgehead atoms. The third-order valence-corrected chi connectivity index (χ3v) is 1.96. The van der Waals surface area contributed by atoms with Gasteiger partial charge in [0.25, 0.3) is 0 Å². The zero-order valence-electron chi connectivity index (χ0n) is 7.83. The van der Waals surface area contributed by atoms with E-state index in [0.717, 1.165) is 0 Å². The second kappa shape index (κ2) is 3.52. The molecule has 0 saturated heterocycles. The average Bonchev–Trinajstić information content (AvgIpc) is 2.54. The molecule has 0 aliphatic carbocycles. The molecule has 78 valence electrons. The molecule has 0 aromatic carbocycles. The van der Waals surface area contributed by atoms with Crippen LogP contribution in [-0.4, -0.2) is 25.1 Å². The van der Waals surface area contributed by atoms with Gasteiger partial charge < -0.3 is 5.73 Å². The zero-order chi connectivity index (χ0) is 10.8.